The third kappa shape index (κ3) is 13.1. The quantitative estimate of drug-likeness (QED) is 0.167. The van der Waals surface area contributed by atoms with Crippen LogP contribution in [0, 0.1) is 27.7 Å². The van der Waals surface area contributed by atoms with Gasteiger partial charge in [-0.2, -0.15) is 0 Å². The van der Waals surface area contributed by atoms with Crippen molar-refractivity contribution in [3.8, 4) is 28.4 Å². The number of ether oxygens (including phenoxy) is 2. The number of aromatic hydroxyl groups is 1. The number of phenols is 1. The van der Waals surface area contributed by atoms with Gasteiger partial charge in [-0.25, -0.2) is 0 Å². The molecule has 3 rings (SSSR count). The van der Waals surface area contributed by atoms with Gasteiger partial charge in [-0.3, -0.25) is 0 Å². The maximum atomic E-state index is 9.68. The standard InChI is InChI=1S/C24H42O2.C14H14O/c1-5-7-9-11-13-15-17-25-23-19-22(4)24(20-21(23)3)26-18-16-14-12-10-8-6-2;1-10-8-13(9-11(2)14(10)15)12-6-4-3-5-7-12/h19-20H,5-18H2,1-4H3;3-9,15H,1-2H3. The summed E-state index contributed by atoms with van der Waals surface area (Å²) in [5.74, 6) is 2.43. The van der Waals surface area contributed by atoms with Gasteiger partial charge in [-0.15, -0.1) is 0 Å². The van der Waals surface area contributed by atoms with Gasteiger partial charge in [0.25, 0.3) is 0 Å². The van der Waals surface area contributed by atoms with Crippen LogP contribution < -0.4 is 9.47 Å². The second kappa shape index (κ2) is 20.0. The minimum Gasteiger partial charge on any atom is -0.507 e. The van der Waals surface area contributed by atoms with Crippen LogP contribution >= 0.6 is 0 Å². The van der Waals surface area contributed by atoms with Crippen molar-refractivity contribution in [2.45, 2.75) is 119 Å². The van der Waals surface area contributed by atoms with E-state index in [1.54, 1.807) is 0 Å². The molecule has 0 aliphatic rings. The second-order valence-corrected chi connectivity index (χ2v) is 11.4. The Morgan fingerprint density at radius 2 is 0.902 bits per heavy atom. The van der Waals surface area contributed by atoms with Gasteiger partial charge in [0.2, 0.25) is 0 Å². The largest absolute Gasteiger partial charge is 0.507 e. The highest BCUT2D eigenvalue weighted by atomic mass is 16.5. The minimum absolute atomic E-state index is 0.398. The predicted molar refractivity (Wildman–Crippen MR) is 177 cm³/mol. The van der Waals surface area contributed by atoms with Gasteiger partial charge < -0.3 is 14.6 Å². The van der Waals surface area contributed by atoms with Gasteiger partial charge in [0.15, 0.2) is 0 Å². The number of aryl methyl sites for hydroxylation is 4. The van der Waals surface area contributed by atoms with E-state index in [1.807, 2.05) is 44.2 Å². The summed E-state index contributed by atoms with van der Waals surface area (Å²) >= 11 is 0. The highest BCUT2D eigenvalue weighted by Gasteiger charge is 2.07. The van der Waals surface area contributed by atoms with Crippen molar-refractivity contribution in [3.05, 3.63) is 76.9 Å². The van der Waals surface area contributed by atoms with Crippen molar-refractivity contribution >= 4 is 0 Å². The smallest absolute Gasteiger partial charge is 0.122 e. The lowest BCUT2D eigenvalue weighted by molar-refractivity contribution is 0.293. The molecule has 41 heavy (non-hydrogen) atoms. The molecule has 0 aliphatic heterocycles. The van der Waals surface area contributed by atoms with Crippen LogP contribution in [0.2, 0.25) is 0 Å². The minimum atomic E-state index is 0.398. The van der Waals surface area contributed by atoms with Crippen LogP contribution in [0.15, 0.2) is 54.6 Å². The number of phenolic OH excluding ortho intramolecular Hbond substituents is 1. The molecule has 226 valence electrons. The van der Waals surface area contributed by atoms with E-state index < -0.39 is 0 Å². The normalized spacial score (nSPS) is 10.7. The van der Waals surface area contributed by atoms with Gasteiger partial charge in [-0.05, 0) is 98.2 Å². The van der Waals surface area contributed by atoms with Gasteiger partial charge in [0, 0.05) is 0 Å². The zero-order valence-corrected chi connectivity index (χ0v) is 26.9. The van der Waals surface area contributed by atoms with E-state index in [4.69, 9.17) is 9.47 Å². The number of hydrogen-bond acceptors (Lipinski definition) is 3. The molecule has 3 nitrogen and oxygen atoms in total. The van der Waals surface area contributed by atoms with Crippen LogP contribution in [-0.2, 0) is 0 Å². The molecule has 0 amide bonds. The average molecular weight is 561 g/mol. The highest BCUT2D eigenvalue weighted by molar-refractivity contribution is 5.67. The lowest BCUT2D eigenvalue weighted by Gasteiger charge is -2.14. The lowest BCUT2D eigenvalue weighted by atomic mass is 10.00. The summed E-state index contributed by atoms with van der Waals surface area (Å²) in [5, 5.41) is 9.68. The number of benzene rings is 3. The van der Waals surface area contributed by atoms with E-state index in [0.717, 1.165) is 54.2 Å². The monoisotopic (exact) mass is 560 g/mol. The summed E-state index contributed by atoms with van der Waals surface area (Å²) in [5.41, 5.74) is 6.55. The highest BCUT2D eigenvalue weighted by Crippen LogP contribution is 2.29. The molecule has 0 unspecified atom stereocenters. The zero-order valence-electron chi connectivity index (χ0n) is 26.9. The lowest BCUT2D eigenvalue weighted by Crippen LogP contribution is -2.02. The Morgan fingerprint density at radius 3 is 1.34 bits per heavy atom. The number of unbranched alkanes of at least 4 members (excludes halogenated alkanes) is 10. The molecule has 0 saturated carbocycles. The van der Waals surface area contributed by atoms with Crippen molar-refractivity contribution in [3.63, 3.8) is 0 Å². The fourth-order valence-corrected chi connectivity index (χ4v) is 4.96. The summed E-state index contributed by atoms with van der Waals surface area (Å²) in [7, 11) is 0. The van der Waals surface area contributed by atoms with Crippen molar-refractivity contribution in [1.82, 2.24) is 0 Å². The molecule has 0 fully saturated rings. The Morgan fingerprint density at radius 1 is 0.488 bits per heavy atom. The van der Waals surface area contributed by atoms with Crippen LogP contribution in [0.5, 0.6) is 17.2 Å². The van der Waals surface area contributed by atoms with Crippen molar-refractivity contribution in [2.75, 3.05) is 13.2 Å². The summed E-state index contributed by atoms with van der Waals surface area (Å²) in [4.78, 5) is 0. The number of hydrogen-bond donors (Lipinski definition) is 1. The molecule has 3 heteroatoms. The molecule has 0 bridgehead atoms. The summed E-state index contributed by atoms with van der Waals surface area (Å²) in [6.45, 7) is 14.3. The van der Waals surface area contributed by atoms with Crippen molar-refractivity contribution < 1.29 is 14.6 Å². The van der Waals surface area contributed by atoms with Crippen LogP contribution in [0.1, 0.15) is 113 Å². The van der Waals surface area contributed by atoms with Crippen molar-refractivity contribution in [1.29, 1.82) is 0 Å². The first-order valence-electron chi connectivity index (χ1n) is 16.1. The third-order valence-corrected chi connectivity index (χ3v) is 7.58. The van der Waals surface area contributed by atoms with Crippen LogP contribution in [0.4, 0.5) is 0 Å². The first kappa shape index (κ1) is 34.3. The van der Waals surface area contributed by atoms with E-state index in [2.05, 4.69) is 52.0 Å². The molecule has 0 aliphatic carbocycles. The molecule has 1 N–H and O–H groups in total. The summed E-state index contributed by atoms with van der Waals surface area (Å²) < 4.78 is 12.0. The van der Waals surface area contributed by atoms with E-state index in [1.165, 1.54) is 80.9 Å². The number of rotatable bonds is 17. The fraction of sp³-hybridized carbons (Fsp3) is 0.526. The van der Waals surface area contributed by atoms with E-state index in [9.17, 15) is 5.11 Å². The Bertz CT molecular complexity index is 1050. The van der Waals surface area contributed by atoms with Crippen LogP contribution in [0.25, 0.3) is 11.1 Å². The maximum absolute atomic E-state index is 9.68. The molecule has 0 radical (unpaired) electrons. The SMILES string of the molecule is CCCCCCCCOc1cc(C)c(OCCCCCCCC)cc1C.Cc1cc(-c2ccccc2)cc(C)c1O. The molecular formula is C38H56O3. The molecule has 3 aromatic carbocycles. The first-order chi connectivity index (χ1) is 19.9. The molecule has 3 aromatic rings. The molecular weight excluding hydrogens is 504 g/mol. The molecule has 0 aromatic heterocycles. The van der Waals surface area contributed by atoms with E-state index >= 15 is 0 Å². The Kier molecular flexibility index (Phi) is 16.7. The summed E-state index contributed by atoms with van der Waals surface area (Å²) in [6, 6.07) is 18.5. The van der Waals surface area contributed by atoms with Crippen molar-refractivity contribution in [2.24, 2.45) is 0 Å². The van der Waals surface area contributed by atoms with Gasteiger partial charge >= 0.3 is 0 Å². The third-order valence-electron chi connectivity index (χ3n) is 7.58. The Hall–Kier alpha value is -2.94. The van der Waals surface area contributed by atoms with Gasteiger partial charge in [0.05, 0.1) is 13.2 Å². The van der Waals surface area contributed by atoms with Gasteiger partial charge in [0.1, 0.15) is 17.2 Å². The Labute approximate surface area is 251 Å². The maximum Gasteiger partial charge on any atom is 0.122 e. The van der Waals surface area contributed by atoms with Crippen LogP contribution in [-0.4, -0.2) is 18.3 Å². The fourth-order valence-electron chi connectivity index (χ4n) is 4.96. The van der Waals surface area contributed by atoms with E-state index in [-0.39, 0.29) is 0 Å². The molecule has 0 atom stereocenters. The zero-order chi connectivity index (χ0) is 29.9. The van der Waals surface area contributed by atoms with Crippen LogP contribution in [0.3, 0.4) is 0 Å². The average Bonchev–Trinajstić information content (AvgIpc) is 2.97. The topological polar surface area (TPSA) is 38.7 Å². The predicted octanol–water partition coefficient (Wildman–Crippen LogP) is 11.5. The molecule has 0 spiro atoms. The molecule has 0 saturated heterocycles. The van der Waals surface area contributed by atoms with Gasteiger partial charge in [-0.1, -0.05) is 108 Å². The van der Waals surface area contributed by atoms with E-state index in [0.29, 0.717) is 5.75 Å². The second-order valence-electron chi connectivity index (χ2n) is 11.4. The Balaban J connectivity index is 0.000000329. The summed E-state index contributed by atoms with van der Waals surface area (Å²) in [6.07, 6.45) is 15.6. The first-order valence-corrected chi connectivity index (χ1v) is 16.1. The molecule has 0 heterocycles.